The summed E-state index contributed by atoms with van der Waals surface area (Å²) in [5, 5.41) is 13.0. The lowest BCUT2D eigenvalue weighted by atomic mass is 9.94. The zero-order chi connectivity index (χ0) is 13.0. The summed E-state index contributed by atoms with van der Waals surface area (Å²) in [5.74, 6) is -0.267. The van der Waals surface area contributed by atoms with E-state index >= 15 is 0 Å². The minimum atomic E-state index is -0.267. The van der Waals surface area contributed by atoms with Crippen LogP contribution in [-0.2, 0) is 0 Å². The Hall–Kier alpha value is -0.450. The molecule has 0 heterocycles. The van der Waals surface area contributed by atoms with Crippen molar-refractivity contribution in [2.24, 2.45) is 0 Å². The molecule has 1 aromatic carbocycles. The van der Waals surface area contributed by atoms with Gasteiger partial charge in [0, 0.05) is 10.5 Å². The number of hydrogen-bond donors (Lipinski definition) is 2. The first kappa shape index (κ1) is 14.0. The van der Waals surface area contributed by atoms with Crippen LogP contribution in [-0.4, -0.2) is 17.8 Å². The molecule has 2 rings (SSSR count). The van der Waals surface area contributed by atoms with E-state index in [0.717, 1.165) is 22.9 Å². The van der Waals surface area contributed by atoms with Crippen LogP contribution in [0.3, 0.4) is 0 Å². The molecule has 100 valence electrons. The van der Waals surface area contributed by atoms with Crippen LogP contribution in [0, 0.1) is 5.82 Å². The lowest BCUT2D eigenvalue weighted by Gasteiger charge is -2.28. The van der Waals surface area contributed by atoms with Crippen LogP contribution < -0.4 is 5.32 Å². The molecule has 1 aliphatic rings. The smallest absolute Gasteiger partial charge is 0.123 e. The molecule has 1 aromatic rings. The topological polar surface area (TPSA) is 32.3 Å². The Bertz CT molecular complexity index is 393. The molecule has 0 amide bonds. The summed E-state index contributed by atoms with van der Waals surface area (Å²) >= 11 is 3.42. The Labute approximate surface area is 116 Å². The number of halogens is 2. The molecule has 1 atom stereocenters. The molecular weight excluding hydrogens is 297 g/mol. The number of aliphatic hydroxyl groups is 1. The highest BCUT2D eigenvalue weighted by atomic mass is 79.9. The monoisotopic (exact) mass is 315 g/mol. The van der Waals surface area contributed by atoms with Crippen LogP contribution >= 0.6 is 15.9 Å². The molecule has 2 nitrogen and oxygen atoms in total. The van der Waals surface area contributed by atoms with Gasteiger partial charge in [-0.3, -0.25) is 0 Å². The van der Waals surface area contributed by atoms with Crippen molar-refractivity contribution in [3.63, 3.8) is 0 Å². The second-order valence-corrected chi connectivity index (χ2v) is 5.76. The number of rotatable bonds is 4. The van der Waals surface area contributed by atoms with Gasteiger partial charge < -0.3 is 10.4 Å². The van der Waals surface area contributed by atoms with Crippen molar-refractivity contribution >= 4 is 15.9 Å². The van der Waals surface area contributed by atoms with Crippen LogP contribution in [0.5, 0.6) is 0 Å². The zero-order valence-corrected chi connectivity index (χ0v) is 11.9. The fourth-order valence-corrected chi connectivity index (χ4v) is 3.10. The van der Waals surface area contributed by atoms with Crippen molar-refractivity contribution in [1.82, 2.24) is 5.32 Å². The third kappa shape index (κ3) is 3.53. The van der Waals surface area contributed by atoms with Crippen LogP contribution in [0.1, 0.15) is 43.7 Å². The standard InChI is InChI=1S/C14H19BrFNO/c15-13-7-6-10(16)8-12(13)14(9-18)17-11-4-2-1-3-5-11/h6-8,11,14,17-18H,1-5,9H2. The van der Waals surface area contributed by atoms with Gasteiger partial charge in [0.2, 0.25) is 0 Å². The van der Waals surface area contributed by atoms with Gasteiger partial charge in [-0.2, -0.15) is 0 Å². The van der Waals surface area contributed by atoms with Gasteiger partial charge in [-0.05, 0) is 36.6 Å². The fourth-order valence-electron chi connectivity index (χ4n) is 2.58. The first-order valence-corrected chi connectivity index (χ1v) is 7.32. The molecule has 1 unspecified atom stereocenters. The van der Waals surface area contributed by atoms with Crippen LogP contribution in [0.2, 0.25) is 0 Å². The highest BCUT2D eigenvalue weighted by molar-refractivity contribution is 9.10. The molecule has 0 bridgehead atoms. The normalized spacial score (nSPS) is 18.8. The van der Waals surface area contributed by atoms with Crippen LogP contribution in [0.25, 0.3) is 0 Å². The van der Waals surface area contributed by atoms with Gasteiger partial charge in [0.15, 0.2) is 0 Å². The van der Waals surface area contributed by atoms with Gasteiger partial charge in [0.25, 0.3) is 0 Å². The van der Waals surface area contributed by atoms with Crippen molar-refractivity contribution in [1.29, 1.82) is 0 Å². The Morgan fingerprint density at radius 2 is 2.06 bits per heavy atom. The van der Waals surface area contributed by atoms with Crippen LogP contribution in [0.15, 0.2) is 22.7 Å². The maximum Gasteiger partial charge on any atom is 0.123 e. The Balaban J connectivity index is 2.09. The molecule has 2 N–H and O–H groups in total. The first-order valence-electron chi connectivity index (χ1n) is 6.52. The molecule has 1 saturated carbocycles. The number of aliphatic hydroxyl groups excluding tert-OH is 1. The van der Waals surface area contributed by atoms with Crippen molar-refractivity contribution in [3.8, 4) is 0 Å². The summed E-state index contributed by atoms with van der Waals surface area (Å²) < 4.78 is 14.1. The number of hydrogen-bond acceptors (Lipinski definition) is 2. The van der Waals surface area contributed by atoms with Gasteiger partial charge in [-0.1, -0.05) is 35.2 Å². The average Bonchev–Trinajstić information content (AvgIpc) is 2.40. The minimum absolute atomic E-state index is 0.0153. The summed E-state index contributed by atoms with van der Waals surface area (Å²) in [6, 6.07) is 4.84. The van der Waals surface area contributed by atoms with Crippen molar-refractivity contribution in [2.45, 2.75) is 44.2 Å². The summed E-state index contributed by atoms with van der Waals surface area (Å²) in [6.45, 7) is -0.0153. The summed E-state index contributed by atoms with van der Waals surface area (Å²) in [7, 11) is 0. The Morgan fingerprint density at radius 3 is 2.72 bits per heavy atom. The quantitative estimate of drug-likeness (QED) is 0.890. The number of benzene rings is 1. The Kier molecular flexibility index (Phi) is 5.15. The van der Waals surface area contributed by atoms with E-state index in [-0.39, 0.29) is 18.5 Å². The van der Waals surface area contributed by atoms with Crippen molar-refractivity contribution in [2.75, 3.05) is 6.61 Å². The molecule has 1 fully saturated rings. The molecule has 18 heavy (non-hydrogen) atoms. The van der Waals surface area contributed by atoms with Crippen LogP contribution in [0.4, 0.5) is 4.39 Å². The van der Waals surface area contributed by atoms with E-state index in [9.17, 15) is 9.50 Å². The second-order valence-electron chi connectivity index (χ2n) is 4.90. The van der Waals surface area contributed by atoms with E-state index in [1.54, 1.807) is 6.07 Å². The highest BCUT2D eigenvalue weighted by Gasteiger charge is 2.20. The Morgan fingerprint density at radius 1 is 1.33 bits per heavy atom. The van der Waals surface area contributed by atoms with Gasteiger partial charge in [-0.25, -0.2) is 4.39 Å². The molecule has 0 saturated heterocycles. The van der Waals surface area contributed by atoms with Gasteiger partial charge >= 0.3 is 0 Å². The van der Waals surface area contributed by atoms with E-state index in [2.05, 4.69) is 21.2 Å². The zero-order valence-electron chi connectivity index (χ0n) is 10.3. The lowest BCUT2D eigenvalue weighted by Crippen LogP contribution is -2.36. The lowest BCUT2D eigenvalue weighted by molar-refractivity contribution is 0.219. The molecule has 1 aliphatic carbocycles. The third-order valence-corrected chi connectivity index (χ3v) is 4.28. The molecule has 0 aromatic heterocycles. The highest BCUT2D eigenvalue weighted by Crippen LogP contribution is 2.27. The molecule has 0 radical (unpaired) electrons. The third-order valence-electron chi connectivity index (χ3n) is 3.56. The fraction of sp³-hybridized carbons (Fsp3) is 0.571. The van der Waals surface area contributed by atoms with E-state index in [1.165, 1.54) is 31.4 Å². The number of nitrogens with one attached hydrogen (secondary N) is 1. The van der Waals surface area contributed by atoms with Gasteiger partial charge in [0.1, 0.15) is 5.82 Å². The largest absolute Gasteiger partial charge is 0.394 e. The summed E-state index contributed by atoms with van der Waals surface area (Å²) in [6.07, 6.45) is 6.05. The van der Waals surface area contributed by atoms with E-state index < -0.39 is 0 Å². The van der Waals surface area contributed by atoms with Crippen molar-refractivity contribution in [3.05, 3.63) is 34.1 Å². The maximum absolute atomic E-state index is 13.3. The minimum Gasteiger partial charge on any atom is -0.394 e. The predicted octanol–water partition coefficient (Wildman–Crippen LogP) is 3.54. The average molecular weight is 316 g/mol. The molecule has 4 heteroatoms. The summed E-state index contributed by atoms with van der Waals surface area (Å²) in [5.41, 5.74) is 0.795. The molecule has 0 spiro atoms. The molecular formula is C14H19BrFNO. The van der Waals surface area contributed by atoms with Crippen molar-refractivity contribution < 1.29 is 9.50 Å². The SMILES string of the molecule is OCC(NC1CCCCC1)c1cc(F)ccc1Br. The molecule has 0 aliphatic heterocycles. The van der Waals surface area contributed by atoms with E-state index in [0.29, 0.717) is 6.04 Å². The first-order chi connectivity index (χ1) is 8.70. The van der Waals surface area contributed by atoms with Gasteiger partial charge in [0.05, 0.1) is 12.6 Å². The maximum atomic E-state index is 13.3. The second kappa shape index (κ2) is 6.64. The van der Waals surface area contributed by atoms with Gasteiger partial charge in [-0.15, -0.1) is 0 Å². The van der Waals surface area contributed by atoms with E-state index in [4.69, 9.17) is 0 Å². The summed E-state index contributed by atoms with van der Waals surface area (Å²) in [4.78, 5) is 0. The predicted molar refractivity (Wildman–Crippen MR) is 73.9 cm³/mol. The van der Waals surface area contributed by atoms with E-state index in [1.807, 2.05) is 0 Å².